The Bertz CT molecular complexity index is 986. The molecule has 0 aromatic heterocycles. The molecule has 1 heterocycles. The first-order valence-corrected chi connectivity index (χ1v) is 17.3. The highest BCUT2D eigenvalue weighted by Gasteiger charge is 2.68. The summed E-state index contributed by atoms with van der Waals surface area (Å²) in [5.41, 5.74) is 5.74. The summed E-state index contributed by atoms with van der Waals surface area (Å²) in [4.78, 5) is 31.8. The molecule has 0 aromatic carbocycles. The van der Waals surface area contributed by atoms with Gasteiger partial charge >= 0.3 is 7.12 Å². The molecular weight excluding hydrogens is 541 g/mol. The number of hydrogen-bond donors (Lipinski definition) is 4. The number of aliphatic imine (C=N–C) groups is 1. The molecule has 9 nitrogen and oxygen atoms in total. The number of amides is 2. The summed E-state index contributed by atoms with van der Waals surface area (Å²) >= 11 is 0. The van der Waals surface area contributed by atoms with E-state index in [9.17, 15) is 9.59 Å². The van der Waals surface area contributed by atoms with E-state index in [-0.39, 0.29) is 40.8 Å². The molecule has 10 heteroatoms. The third-order valence-corrected chi connectivity index (χ3v) is 11.4. The van der Waals surface area contributed by atoms with Gasteiger partial charge in [0.2, 0.25) is 11.8 Å². The van der Waals surface area contributed by atoms with Crippen LogP contribution in [0.25, 0.3) is 0 Å². The van der Waals surface area contributed by atoms with Crippen LogP contribution in [0.2, 0.25) is 0 Å². The van der Waals surface area contributed by atoms with Crippen molar-refractivity contribution in [3.8, 4) is 0 Å². The van der Waals surface area contributed by atoms with Crippen molar-refractivity contribution in [2.24, 2.45) is 45.7 Å². The summed E-state index contributed by atoms with van der Waals surface area (Å²) in [7, 11) is 1.15. The summed E-state index contributed by atoms with van der Waals surface area (Å²) in [6.07, 6.45) is 11.7. The van der Waals surface area contributed by atoms with Crippen LogP contribution in [0.3, 0.4) is 0 Å². The van der Waals surface area contributed by atoms with Crippen LogP contribution >= 0.6 is 0 Å². The second-order valence-electron chi connectivity index (χ2n) is 15.1. The van der Waals surface area contributed by atoms with Gasteiger partial charge in [0, 0.05) is 19.5 Å². The van der Waals surface area contributed by atoms with Crippen LogP contribution in [0.4, 0.5) is 0 Å². The van der Waals surface area contributed by atoms with E-state index in [1.807, 2.05) is 0 Å². The summed E-state index contributed by atoms with van der Waals surface area (Å²) in [6.45, 7) is 14.0. The minimum Gasteiger partial charge on any atom is -0.404 e. The number of rotatable bonds is 15. The highest BCUT2D eigenvalue weighted by atomic mass is 16.7. The van der Waals surface area contributed by atoms with Crippen LogP contribution in [-0.4, -0.2) is 62.2 Å². The zero-order valence-corrected chi connectivity index (χ0v) is 28.0. The Hall–Kier alpha value is -1.81. The van der Waals surface area contributed by atoms with Crippen molar-refractivity contribution in [1.82, 2.24) is 16.0 Å². The Kier molecular flexibility index (Phi) is 11.5. The number of nitrogens with one attached hydrogen (secondary N) is 3. The van der Waals surface area contributed by atoms with Crippen molar-refractivity contribution in [2.45, 2.75) is 142 Å². The molecule has 43 heavy (non-hydrogen) atoms. The molecule has 4 saturated carbocycles. The number of nitrogens with two attached hydrogens (primary N) is 1. The molecule has 4 aliphatic carbocycles. The van der Waals surface area contributed by atoms with Crippen molar-refractivity contribution in [2.75, 3.05) is 13.6 Å². The maximum absolute atomic E-state index is 14.0. The van der Waals surface area contributed by atoms with Gasteiger partial charge in [-0.2, -0.15) is 0 Å². The SMILES string of the molecule is CCCCC(C(=O)N[C@@H](CCCNC(N)=NC)C(=O)N[C@@H](CC(C)C)B1O[C@@H]2C[C@@H]3C[C@@H](C3(C)C)[C@]2(C)O1)C1CCCC1. The van der Waals surface area contributed by atoms with E-state index in [0.717, 1.165) is 44.9 Å². The molecule has 2 bridgehead atoms. The average Bonchev–Trinajstić information content (AvgIpc) is 3.61. The maximum Gasteiger partial charge on any atom is 0.481 e. The first kappa shape index (κ1) is 34.1. The standard InChI is InChI=1S/C33H60BN5O4/c1-8-9-15-24(22-13-10-11-14-22)29(40)38-25(16-12-17-37-31(35)36-7)30(41)39-28(18-21(2)3)34-42-27-20-23-19-26(32(23,4)5)33(27,6)43-34/h21-28H,8-20H2,1-7H3,(H,38,40)(H,39,41)(H3,35,36,37)/t23-,24?,25-,26-,27+,28-,33-/m0/s1. The molecule has 0 spiro atoms. The largest absolute Gasteiger partial charge is 0.481 e. The van der Waals surface area contributed by atoms with Gasteiger partial charge in [0.25, 0.3) is 0 Å². The quantitative estimate of drug-likeness (QED) is 0.0942. The summed E-state index contributed by atoms with van der Waals surface area (Å²) in [6, 6.07) is -0.639. The van der Waals surface area contributed by atoms with Gasteiger partial charge in [-0.25, -0.2) is 0 Å². The van der Waals surface area contributed by atoms with Crippen molar-refractivity contribution in [1.29, 1.82) is 0 Å². The normalized spacial score (nSPS) is 30.4. The van der Waals surface area contributed by atoms with E-state index < -0.39 is 13.2 Å². The summed E-state index contributed by atoms with van der Waals surface area (Å²) in [5.74, 6) is 1.78. The molecule has 0 aromatic rings. The van der Waals surface area contributed by atoms with Crippen LogP contribution in [0.5, 0.6) is 0 Å². The van der Waals surface area contributed by atoms with Gasteiger partial charge in [0.15, 0.2) is 5.96 Å². The van der Waals surface area contributed by atoms with E-state index in [4.69, 9.17) is 15.0 Å². The zero-order valence-electron chi connectivity index (χ0n) is 28.0. The monoisotopic (exact) mass is 601 g/mol. The second-order valence-corrected chi connectivity index (χ2v) is 15.1. The van der Waals surface area contributed by atoms with Gasteiger partial charge in [-0.3, -0.25) is 14.6 Å². The lowest BCUT2D eigenvalue weighted by atomic mass is 9.43. The number of guanidine groups is 1. The molecule has 1 aliphatic heterocycles. The summed E-state index contributed by atoms with van der Waals surface area (Å²) < 4.78 is 13.4. The van der Waals surface area contributed by atoms with Crippen molar-refractivity contribution in [3.05, 3.63) is 0 Å². The van der Waals surface area contributed by atoms with Crippen LogP contribution in [0.15, 0.2) is 4.99 Å². The number of unbranched alkanes of at least 4 members (excludes halogenated alkanes) is 1. The fraction of sp³-hybridized carbons (Fsp3) is 0.909. The Morgan fingerprint density at radius 3 is 2.40 bits per heavy atom. The van der Waals surface area contributed by atoms with Gasteiger partial charge in [0.05, 0.1) is 17.6 Å². The molecule has 5 N–H and O–H groups in total. The third kappa shape index (κ3) is 7.71. The number of carbonyl (C=O) groups excluding carboxylic acids is 2. The smallest absolute Gasteiger partial charge is 0.404 e. The van der Waals surface area contributed by atoms with Gasteiger partial charge in [-0.15, -0.1) is 0 Å². The van der Waals surface area contributed by atoms with Crippen molar-refractivity contribution in [3.63, 3.8) is 0 Å². The average molecular weight is 602 g/mol. The third-order valence-electron chi connectivity index (χ3n) is 11.4. The maximum atomic E-state index is 14.0. The first-order valence-electron chi connectivity index (χ1n) is 17.3. The van der Waals surface area contributed by atoms with Crippen LogP contribution in [-0.2, 0) is 18.9 Å². The molecule has 244 valence electrons. The molecule has 5 fully saturated rings. The Morgan fingerprint density at radius 1 is 1.05 bits per heavy atom. The molecule has 5 rings (SSSR count). The lowest BCUT2D eigenvalue weighted by molar-refractivity contribution is -0.199. The molecule has 0 radical (unpaired) electrons. The topological polar surface area (TPSA) is 127 Å². The zero-order chi connectivity index (χ0) is 31.4. The Morgan fingerprint density at radius 2 is 1.77 bits per heavy atom. The predicted molar refractivity (Wildman–Crippen MR) is 173 cm³/mol. The van der Waals surface area contributed by atoms with Crippen molar-refractivity contribution >= 4 is 24.9 Å². The van der Waals surface area contributed by atoms with E-state index in [1.54, 1.807) is 7.05 Å². The molecule has 1 saturated heterocycles. The fourth-order valence-corrected chi connectivity index (χ4v) is 8.61. The van der Waals surface area contributed by atoms with Gasteiger partial charge in [-0.05, 0) is 87.4 Å². The second kappa shape index (κ2) is 14.5. The molecular formula is C33H60BN5O4. The van der Waals surface area contributed by atoms with E-state index in [1.165, 1.54) is 19.3 Å². The Balaban J connectivity index is 1.47. The van der Waals surface area contributed by atoms with E-state index >= 15 is 0 Å². The molecule has 2 amide bonds. The van der Waals surface area contributed by atoms with E-state index in [0.29, 0.717) is 49.0 Å². The van der Waals surface area contributed by atoms with Gasteiger partial charge in [-0.1, -0.05) is 60.3 Å². The number of carbonyl (C=O) groups is 2. The highest BCUT2D eigenvalue weighted by Crippen LogP contribution is 2.65. The first-order chi connectivity index (χ1) is 20.4. The van der Waals surface area contributed by atoms with Gasteiger partial charge in [0.1, 0.15) is 6.04 Å². The summed E-state index contributed by atoms with van der Waals surface area (Å²) in [5, 5.41) is 9.60. The number of nitrogens with zero attached hydrogens (tertiary/aromatic N) is 1. The molecule has 1 unspecified atom stereocenters. The molecule has 7 atom stereocenters. The highest BCUT2D eigenvalue weighted by molar-refractivity contribution is 6.48. The van der Waals surface area contributed by atoms with Gasteiger partial charge < -0.3 is 31.0 Å². The lowest BCUT2D eigenvalue weighted by Crippen LogP contribution is -2.65. The minimum atomic E-state index is -0.639. The van der Waals surface area contributed by atoms with E-state index in [2.05, 4.69) is 62.5 Å². The van der Waals surface area contributed by atoms with Crippen LogP contribution in [0.1, 0.15) is 119 Å². The predicted octanol–water partition coefficient (Wildman–Crippen LogP) is 4.58. The molecule has 5 aliphatic rings. The number of hydrogen-bond acceptors (Lipinski definition) is 5. The Labute approximate surface area is 261 Å². The fourth-order valence-electron chi connectivity index (χ4n) is 8.61. The van der Waals surface area contributed by atoms with Crippen LogP contribution < -0.4 is 21.7 Å². The van der Waals surface area contributed by atoms with Crippen molar-refractivity contribution < 1.29 is 18.9 Å². The lowest BCUT2D eigenvalue weighted by Gasteiger charge is -2.64. The van der Waals surface area contributed by atoms with Crippen LogP contribution in [0, 0.1) is 35.0 Å². The minimum absolute atomic E-state index is 0.0254.